The van der Waals surface area contributed by atoms with Gasteiger partial charge in [0, 0.05) is 17.8 Å². The molecule has 0 fully saturated rings. The SMILES string of the molecule is Cc1cc(C)n(C(=O)COc2c3ccoc3cc3oc(C)cc(=O)c23)n1. The van der Waals surface area contributed by atoms with Crippen LogP contribution in [0.25, 0.3) is 21.9 Å². The summed E-state index contributed by atoms with van der Waals surface area (Å²) in [6.07, 6.45) is 1.50. The number of aromatic nitrogens is 2. The van der Waals surface area contributed by atoms with Crippen LogP contribution in [0.5, 0.6) is 5.75 Å². The highest BCUT2D eigenvalue weighted by Gasteiger charge is 2.18. The fraction of sp³-hybridized carbons (Fsp3) is 0.211. The lowest BCUT2D eigenvalue weighted by Crippen LogP contribution is -2.22. The van der Waals surface area contributed by atoms with Crippen molar-refractivity contribution >= 4 is 27.8 Å². The van der Waals surface area contributed by atoms with E-state index < -0.39 is 0 Å². The van der Waals surface area contributed by atoms with Crippen molar-refractivity contribution in [2.45, 2.75) is 20.8 Å². The number of fused-ring (bicyclic) bond motifs is 2. The summed E-state index contributed by atoms with van der Waals surface area (Å²) in [4.78, 5) is 24.9. The lowest BCUT2D eigenvalue weighted by Gasteiger charge is -2.10. The minimum atomic E-state index is -0.333. The standard InChI is InChI=1S/C19H16N2O5/c1-10-6-11(2)21(20-10)17(23)9-25-19-13-4-5-24-15(13)8-16-18(19)14(22)7-12(3)26-16/h4-8H,9H2,1-3H3. The van der Waals surface area contributed by atoms with Crippen molar-refractivity contribution in [3.8, 4) is 5.75 Å². The Kier molecular flexibility index (Phi) is 3.64. The van der Waals surface area contributed by atoms with E-state index in [0.717, 1.165) is 11.4 Å². The predicted molar refractivity (Wildman–Crippen MR) is 94.8 cm³/mol. The number of ether oxygens (including phenoxy) is 1. The van der Waals surface area contributed by atoms with Gasteiger partial charge in [0.05, 0.1) is 17.3 Å². The largest absolute Gasteiger partial charge is 0.482 e. The molecule has 0 amide bonds. The Morgan fingerprint density at radius 2 is 2.00 bits per heavy atom. The van der Waals surface area contributed by atoms with Gasteiger partial charge in [-0.1, -0.05) is 0 Å². The van der Waals surface area contributed by atoms with Crippen LogP contribution in [0.4, 0.5) is 0 Å². The zero-order valence-electron chi connectivity index (χ0n) is 14.5. The molecular weight excluding hydrogens is 336 g/mol. The average Bonchev–Trinajstić information content (AvgIpc) is 3.16. The molecule has 0 saturated carbocycles. The zero-order chi connectivity index (χ0) is 18.4. The summed E-state index contributed by atoms with van der Waals surface area (Å²) < 4.78 is 18.1. The predicted octanol–water partition coefficient (Wildman–Crippen LogP) is 3.38. The highest BCUT2D eigenvalue weighted by atomic mass is 16.5. The first-order valence-electron chi connectivity index (χ1n) is 8.08. The number of benzene rings is 1. The third-order valence-electron chi connectivity index (χ3n) is 4.11. The summed E-state index contributed by atoms with van der Waals surface area (Å²) in [7, 11) is 0. The first kappa shape index (κ1) is 16.1. The van der Waals surface area contributed by atoms with Crippen LogP contribution in [0.3, 0.4) is 0 Å². The van der Waals surface area contributed by atoms with Gasteiger partial charge in [-0.25, -0.2) is 4.68 Å². The summed E-state index contributed by atoms with van der Waals surface area (Å²) in [6, 6.07) is 6.54. The smallest absolute Gasteiger partial charge is 0.284 e. The van der Waals surface area contributed by atoms with E-state index in [1.54, 1.807) is 26.0 Å². The van der Waals surface area contributed by atoms with Crippen molar-refractivity contribution in [2.75, 3.05) is 6.61 Å². The molecular formula is C19H16N2O5. The van der Waals surface area contributed by atoms with Crippen molar-refractivity contribution in [3.05, 3.63) is 57.9 Å². The maximum atomic E-state index is 12.5. The topological polar surface area (TPSA) is 87.5 Å². The molecule has 7 heteroatoms. The fourth-order valence-corrected chi connectivity index (χ4v) is 3.06. The normalized spacial score (nSPS) is 11.3. The lowest BCUT2D eigenvalue weighted by atomic mass is 10.1. The molecule has 7 nitrogen and oxygen atoms in total. The van der Waals surface area contributed by atoms with Gasteiger partial charge in [-0.2, -0.15) is 5.10 Å². The highest BCUT2D eigenvalue weighted by Crippen LogP contribution is 2.34. The Balaban J connectivity index is 1.79. The molecule has 1 aromatic carbocycles. The molecule has 3 heterocycles. The third kappa shape index (κ3) is 2.57. The molecule has 0 aliphatic heterocycles. The summed E-state index contributed by atoms with van der Waals surface area (Å²) in [5.41, 5.74) is 2.10. The van der Waals surface area contributed by atoms with E-state index in [2.05, 4.69) is 5.10 Å². The Morgan fingerprint density at radius 1 is 1.19 bits per heavy atom. The molecule has 0 bridgehead atoms. The van der Waals surface area contributed by atoms with Crippen molar-refractivity contribution in [1.29, 1.82) is 0 Å². The quantitative estimate of drug-likeness (QED) is 0.562. The van der Waals surface area contributed by atoms with Crippen LogP contribution in [0.2, 0.25) is 0 Å². The van der Waals surface area contributed by atoms with E-state index >= 15 is 0 Å². The molecule has 132 valence electrons. The molecule has 0 N–H and O–H groups in total. The van der Waals surface area contributed by atoms with Crippen LogP contribution < -0.4 is 10.2 Å². The number of rotatable bonds is 3. The van der Waals surface area contributed by atoms with Gasteiger partial charge < -0.3 is 13.6 Å². The van der Waals surface area contributed by atoms with Gasteiger partial charge in [0.1, 0.15) is 28.1 Å². The van der Waals surface area contributed by atoms with Crippen molar-refractivity contribution < 1.29 is 18.4 Å². The number of carbonyl (C=O) groups excluding carboxylic acids is 1. The number of furan rings is 1. The summed E-state index contributed by atoms with van der Waals surface area (Å²) in [6.45, 7) is 5.03. The number of aryl methyl sites for hydroxylation is 3. The van der Waals surface area contributed by atoms with Crippen molar-refractivity contribution in [2.24, 2.45) is 0 Å². The van der Waals surface area contributed by atoms with Gasteiger partial charge in [-0.15, -0.1) is 0 Å². The minimum Gasteiger partial charge on any atom is -0.482 e. The first-order valence-corrected chi connectivity index (χ1v) is 8.08. The van der Waals surface area contributed by atoms with Gasteiger partial charge in [0.15, 0.2) is 12.0 Å². The van der Waals surface area contributed by atoms with E-state index in [0.29, 0.717) is 22.3 Å². The number of nitrogens with zero attached hydrogens (tertiary/aromatic N) is 2. The second-order valence-electron chi connectivity index (χ2n) is 6.15. The number of hydrogen-bond donors (Lipinski definition) is 0. The van der Waals surface area contributed by atoms with Crippen LogP contribution in [0.15, 0.2) is 44.2 Å². The van der Waals surface area contributed by atoms with Gasteiger partial charge in [-0.05, 0) is 32.9 Å². The van der Waals surface area contributed by atoms with Gasteiger partial charge in [0.25, 0.3) is 5.91 Å². The molecule has 4 rings (SSSR count). The third-order valence-corrected chi connectivity index (χ3v) is 4.11. The van der Waals surface area contributed by atoms with E-state index in [9.17, 15) is 9.59 Å². The Morgan fingerprint density at radius 3 is 2.73 bits per heavy atom. The van der Waals surface area contributed by atoms with E-state index in [1.165, 1.54) is 17.0 Å². The lowest BCUT2D eigenvalue weighted by molar-refractivity contribution is 0.0820. The average molecular weight is 352 g/mol. The molecule has 4 aromatic rings. The first-order chi connectivity index (χ1) is 12.4. The van der Waals surface area contributed by atoms with Crippen LogP contribution >= 0.6 is 0 Å². The number of carbonyl (C=O) groups is 1. The van der Waals surface area contributed by atoms with Crippen molar-refractivity contribution in [3.63, 3.8) is 0 Å². The van der Waals surface area contributed by atoms with Crippen LogP contribution in [-0.2, 0) is 0 Å². The highest BCUT2D eigenvalue weighted by molar-refractivity contribution is 6.01. The molecule has 0 unspecified atom stereocenters. The molecule has 0 aliphatic rings. The van der Waals surface area contributed by atoms with Crippen molar-refractivity contribution in [1.82, 2.24) is 9.78 Å². The second kappa shape index (κ2) is 5.87. The second-order valence-corrected chi connectivity index (χ2v) is 6.15. The molecule has 26 heavy (non-hydrogen) atoms. The Labute approximate surface area is 147 Å². The Bertz CT molecular complexity index is 1210. The summed E-state index contributed by atoms with van der Waals surface area (Å²) in [5, 5.41) is 5.04. The number of hydrogen-bond acceptors (Lipinski definition) is 6. The maximum absolute atomic E-state index is 12.5. The fourth-order valence-electron chi connectivity index (χ4n) is 3.06. The van der Waals surface area contributed by atoms with Crippen LogP contribution in [0, 0.1) is 20.8 Å². The molecule has 0 atom stereocenters. The molecule has 0 spiro atoms. The molecule has 0 aliphatic carbocycles. The maximum Gasteiger partial charge on any atom is 0.284 e. The van der Waals surface area contributed by atoms with E-state index in [-0.39, 0.29) is 29.1 Å². The summed E-state index contributed by atoms with van der Waals surface area (Å²) in [5.74, 6) is 0.425. The minimum absolute atomic E-state index is 0.236. The van der Waals surface area contributed by atoms with Gasteiger partial charge >= 0.3 is 0 Å². The molecule has 0 saturated heterocycles. The molecule has 3 aromatic heterocycles. The van der Waals surface area contributed by atoms with E-state index in [1.807, 2.05) is 13.0 Å². The summed E-state index contributed by atoms with van der Waals surface area (Å²) >= 11 is 0. The van der Waals surface area contributed by atoms with Crippen LogP contribution in [0.1, 0.15) is 21.9 Å². The zero-order valence-corrected chi connectivity index (χ0v) is 14.5. The van der Waals surface area contributed by atoms with Gasteiger partial charge in [-0.3, -0.25) is 9.59 Å². The Hall–Kier alpha value is -3.35. The molecule has 0 radical (unpaired) electrons. The monoisotopic (exact) mass is 352 g/mol. The van der Waals surface area contributed by atoms with E-state index in [4.69, 9.17) is 13.6 Å². The van der Waals surface area contributed by atoms with Crippen LogP contribution in [-0.4, -0.2) is 22.3 Å². The van der Waals surface area contributed by atoms with Gasteiger partial charge in [0.2, 0.25) is 0 Å².